The van der Waals surface area contributed by atoms with Crippen LogP contribution in [0.3, 0.4) is 0 Å². The third-order valence-electron chi connectivity index (χ3n) is 3.18. The van der Waals surface area contributed by atoms with Crippen molar-refractivity contribution in [3.05, 3.63) is 66.2 Å². The third kappa shape index (κ3) is 3.83. The summed E-state index contributed by atoms with van der Waals surface area (Å²) in [5.74, 6) is 0.840. The van der Waals surface area contributed by atoms with E-state index in [0.717, 1.165) is 11.3 Å². The number of aliphatic hydroxyl groups is 1. The maximum Gasteiger partial charge on any atom is 0.103 e. The van der Waals surface area contributed by atoms with Crippen molar-refractivity contribution in [1.82, 2.24) is 0 Å². The van der Waals surface area contributed by atoms with Gasteiger partial charge < -0.3 is 10.8 Å². The van der Waals surface area contributed by atoms with Crippen molar-refractivity contribution in [2.24, 2.45) is 5.73 Å². The second-order valence-electron chi connectivity index (χ2n) is 4.51. The third-order valence-corrected chi connectivity index (χ3v) is 4.19. The molecule has 3 N–H and O–H groups in total. The van der Waals surface area contributed by atoms with Crippen LogP contribution in [-0.2, 0) is 5.60 Å². The Labute approximate surface area is 118 Å². The molecule has 0 aliphatic rings. The maximum absolute atomic E-state index is 10.6. The minimum absolute atomic E-state index is 0.242. The predicted molar refractivity (Wildman–Crippen MR) is 81.2 cm³/mol. The van der Waals surface area contributed by atoms with Crippen LogP contribution in [0.5, 0.6) is 0 Å². The zero-order valence-electron chi connectivity index (χ0n) is 10.8. The quantitative estimate of drug-likeness (QED) is 0.795. The van der Waals surface area contributed by atoms with E-state index >= 15 is 0 Å². The van der Waals surface area contributed by atoms with Crippen molar-refractivity contribution in [2.45, 2.75) is 16.9 Å². The molecule has 2 aromatic rings. The van der Waals surface area contributed by atoms with E-state index in [9.17, 15) is 5.11 Å². The van der Waals surface area contributed by atoms with Crippen LogP contribution in [0, 0.1) is 0 Å². The lowest BCUT2D eigenvalue weighted by Gasteiger charge is -2.27. The second kappa shape index (κ2) is 6.75. The highest BCUT2D eigenvalue weighted by atomic mass is 32.2. The SMILES string of the molecule is NCC(O)(CCSc1ccccc1)c1ccccc1. The molecule has 0 aliphatic heterocycles. The summed E-state index contributed by atoms with van der Waals surface area (Å²) in [6.07, 6.45) is 0.646. The lowest BCUT2D eigenvalue weighted by atomic mass is 9.91. The molecule has 2 rings (SSSR count). The largest absolute Gasteiger partial charge is 0.384 e. The molecule has 19 heavy (non-hydrogen) atoms. The summed E-state index contributed by atoms with van der Waals surface area (Å²) in [7, 11) is 0. The van der Waals surface area contributed by atoms with Gasteiger partial charge in [0.25, 0.3) is 0 Å². The summed E-state index contributed by atoms with van der Waals surface area (Å²) < 4.78 is 0. The Bertz CT molecular complexity index is 489. The number of rotatable bonds is 6. The molecule has 0 bridgehead atoms. The lowest BCUT2D eigenvalue weighted by molar-refractivity contribution is 0.0431. The van der Waals surface area contributed by atoms with E-state index in [-0.39, 0.29) is 6.54 Å². The number of hydrogen-bond acceptors (Lipinski definition) is 3. The van der Waals surface area contributed by atoms with E-state index in [0.29, 0.717) is 6.42 Å². The summed E-state index contributed by atoms with van der Waals surface area (Å²) in [5.41, 5.74) is 5.73. The molecule has 0 aromatic heterocycles. The molecule has 0 aliphatic carbocycles. The molecule has 1 atom stereocenters. The van der Waals surface area contributed by atoms with Gasteiger partial charge in [-0.1, -0.05) is 48.5 Å². The zero-order chi connectivity index (χ0) is 13.6. The fourth-order valence-corrected chi connectivity index (χ4v) is 2.99. The average Bonchev–Trinajstić information content (AvgIpc) is 2.49. The van der Waals surface area contributed by atoms with Crippen molar-refractivity contribution in [3.8, 4) is 0 Å². The Kier molecular flexibility index (Phi) is 5.02. The summed E-state index contributed by atoms with van der Waals surface area (Å²) >= 11 is 1.74. The monoisotopic (exact) mass is 273 g/mol. The van der Waals surface area contributed by atoms with Gasteiger partial charge in [-0.15, -0.1) is 11.8 Å². The van der Waals surface area contributed by atoms with E-state index in [1.54, 1.807) is 11.8 Å². The van der Waals surface area contributed by atoms with Crippen molar-refractivity contribution in [1.29, 1.82) is 0 Å². The van der Waals surface area contributed by atoms with Crippen LogP contribution in [0.25, 0.3) is 0 Å². The van der Waals surface area contributed by atoms with E-state index in [1.165, 1.54) is 4.90 Å². The van der Waals surface area contributed by atoms with E-state index in [2.05, 4.69) is 12.1 Å². The number of benzene rings is 2. The van der Waals surface area contributed by atoms with Crippen molar-refractivity contribution < 1.29 is 5.11 Å². The van der Waals surface area contributed by atoms with E-state index in [4.69, 9.17) is 5.73 Å². The molecule has 0 amide bonds. The molecule has 2 aromatic carbocycles. The molecule has 0 spiro atoms. The first-order valence-corrected chi connectivity index (χ1v) is 7.39. The molecule has 0 saturated carbocycles. The summed E-state index contributed by atoms with van der Waals surface area (Å²) in [6.45, 7) is 0.242. The van der Waals surface area contributed by atoms with Crippen LogP contribution in [0.1, 0.15) is 12.0 Å². The van der Waals surface area contributed by atoms with Crippen LogP contribution >= 0.6 is 11.8 Å². The van der Waals surface area contributed by atoms with Gasteiger partial charge in [0.2, 0.25) is 0 Å². The highest BCUT2D eigenvalue weighted by Crippen LogP contribution is 2.28. The molecule has 0 saturated heterocycles. The van der Waals surface area contributed by atoms with Gasteiger partial charge in [0.05, 0.1) is 0 Å². The van der Waals surface area contributed by atoms with Crippen molar-refractivity contribution >= 4 is 11.8 Å². The number of nitrogens with two attached hydrogens (primary N) is 1. The Hall–Kier alpha value is -1.29. The molecule has 3 heteroatoms. The first-order valence-electron chi connectivity index (χ1n) is 6.40. The second-order valence-corrected chi connectivity index (χ2v) is 5.68. The first-order chi connectivity index (χ1) is 9.24. The molecular formula is C16H19NOS. The molecule has 1 unspecified atom stereocenters. The topological polar surface area (TPSA) is 46.2 Å². The van der Waals surface area contributed by atoms with Gasteiger partial charge in [0.1, 0.15) is 5.60 Å². The summed E-state index contributed by atoms with van der Waals surface area (Å²) in [5, 5.41) is 10.6. The predicted octanol–water partition coefficient (Wildman–Crippen LogP) is 3.02. The van der Waals surface area contributed by atoms with Gasteiger partial charge >= 0.3 is 0 Å². The molecule has 0 radical (unpaired) electrons. The maximum atomic E-state index is 10.6. The van der Waals surface area contributed by atoms with Crippen LogP contribution in [0.15, 0.2) is 65.6 Å². The minimum Gasteiger partial charge on any atom is -0.384 e. The lowest BCUT2D eigenvalue weighted by Crippen LogP contribution is -2.35. The number of thioether (sulfide) groups is 1. The van der Waals surface area contributed by atoms with Crippen LogP contribution in [-0.4, -0.2) is 17.4 Å². The van der Waals surface area contributed by atoms with Gasteiger partial charge in [-0.25, -0.2) is 0 Å². The Balaban J connectivity index is 1.96. The smallest absolute Gasteiger partial charge is 0.103 e. The minimum atomic E-state index is -0.928. The van der Waals surface area contributed by atoms with E-state index < -0.39 is 5.60 Å². The standard InChI is InChI=1S/C16H19NOS/c17-13-16(18,14-7-3-1-4-8-14)11-12-19-15-9-5-2-6-10-15/h1-10,18H,11-13,17H2. The Morgan fingerprint density at radius 2 is 1.53 bits per heavy atom. The summed E-state index contributed by atoms with van der Waals surface area (Å²) in [6, 6.07) is 19.9. The Morgan fingerprint density at radius 3 is 2.11 bits per heavy atom. The van der Waals surface area contributed by atoms with Gasteiger partial charge in [-0.05, 0) is 24.1 Å². The van der Waals surface area contributed by atoms with Gasteiger partial charge in [0, 0.05) is 17.2 Å². The molecular weight excluding hydrogens is 254 g/mol. The fourth-order valence-electron chi connectivity index (χ4n) is 1.97. The zero-order valence-corrected chi connectivity index (χ0v) is 11.6. The highest BCUT2D eigenvalue weighted by Gasteiger charge is 2.26. The highest BCUT2D eigenvalue weighted by molar-refractivity contribution is 7.99. The number of hydrogen-bond donors (Lipinski definition) is 2. The molecule has 0 heterocycles. The summed E-state index contributed by atoms with van der Waals surface area (Å²) in [4.78, 5) is 1.22. The van der Waals surface area contributed by atoms with Crippen LogP contribution in [0.2, 0.25) is 0 Å². The molecule has 100 valence electrons. The fraction of sp³-hybridized carbons (Fsp3) is 0.250. The molecule has 0 fully saturated rings. The Morgan fingerprint density at radius 1 is 0.947 bits per heavy atom. The van der Waals surface area contributed by atoms with Crippen molar-refractivity contribution in [2.75, 3.05) is 12.3 Å². The van der Waals surface area contributed by atoms with Crippen LogP contribution in [0.4, 0.5) is 0 Å². The van der Waals surface area contributed by atoms with Crippen molar-refractivity contribution in [3.63, 3.8) is 0 Å². The van der Waals surface area contributed by atoms with E-state index in [1.807, 2.05) is 48.5 Å². The molecule has 2 nitrogen and oxygen atoms in total. The average molecular weight is 273 g/mol. The van der Waals surface area contributed by atoms with Gasteiger partial charge in [-0.2, -0.15) is 0 Å². The first kappa shape index (κ1) is 14.1. The van der Waals surface area contributed by atoms with Gasteiger partial charge in [-0.3, -0.25) is 0 Å². The van der Waals surface area contributed by atoms with Gasteiger partial charge in [0.15, 0.2) is 0 Å². The normalized spacial score (nSPS) is 14.0. The van der Waals surface area contributed by atoms with Crippen LogP contribution < -0.4 is 5.73 Å².